The molecule has 3 nitrogen and oxygen atoms in total. The fourth-order valence-corrected chi connectivity index (χ4v) is 2.71. The summed E-state index contributed by atoms with van der Waals surface area (Å²) in [5, 5.41) is 3.66. The Morgan fingerprint density at radius 1 is 1.18 bits per heavy atom. The molecule has 0 aromatic rings. The van der Waals surface area contributed by atoms with Gasteiger partial charge in [-0.1, -0.05) is 33.1 Å². The van der Waals surface area contributed by atoms with Crippen LogP contribution in [-0.2, 0) is 4.74 Å². The lowest BCUT2D eigenvalue weighted by atomic mass is 9.64. The zero-order valence-electron chi connectivity index (χ0n) is 11.8. The Balaban J connectivity index is 1.97. The molecule has 0 aromatic carbocycles. The lowest BCUT2D eigenvalue weighted by molar-refractivity contribution is -0.0972. The average Bonchev–Trinajstić information content (AvgIpc) is 2.31. The van der Waals surface area contributed by atoms with Crippen LogP contribution in [0.1, 0.15) is 52.4 Å². The molecule has 102 valence electrons. The van der Waals surface area contributed by atoms with Gasteiger partial charge in [-0.3, -0.25) is 0 Å². The van der Waals surface area contributed by atoms with Crippen molar-refractivity contribution in [2.75, 3.05) is 20.2 Å². The number of ether oxygens (including phenoxy) is 1. The summed E-state index contributed by atoms with van der Waals surface area (Å²) >= 11 is 0. The maximum absolute atomic E-state index is 5.47. The lowest BCUT2D eigenvalue weighted by Gasteiger charge is -2.51. The van der Waals surface area contributed by atoms with Gasteiger partial charge in [0.05, 0.1) is 6.10 Å². The van der Waals surface area contributed by atoms with Crippen LogP contribution in [-0.4, -0.2) is 32.3 Å². The van der Waals surface area contributed by atoms with Gasteiger partial charge in [0.2, 0.25) is 0 Å². The number of nitrogens with two attached hydrogens (primary N) is 1. The minimum atomic E-state index is 0.300. The monoisotopic (exact) mass is 242 g/mol. The number of unbranched alkanes of at least 4 members (excludes halogenated alkanes) is 4. The van der Waals surface area contributed by atoms with E-state index in [1.165, 1.54) is 32.1 Å². The summed E-state index contributed by atoms with van der Waals surface area (Å²) in [5.74, 6) is 0. The standard InChI is InChI=1S/C14H30N2O/c1-14(2)12(11-13(14)17-3)16-10-8-6-4-5-7-9-15/h12-13,16H,4-11,15H2,1-3H3. The Labute approximate surface area is 106 Å². The van der Waals surface area contributed by atoms with Gasteiger partial charge in [0.15, 0.2) is 0 Å². The molecule has 3 heteroatoms. The van der Waals surface area contributed by atoms with Gasteiger partial charge < -0.3 is 15.8 Å². The van der Waals surface area contributed by atoms with Crippen LogP contribution in [0.15, 0.2) is 0 Å². The van der Waals surface area contributed by atoms with E-state index in [9.17, 15) is 0 Å². The number of rotatable bonds is 9. The molecule has 0 amide bonds. The molecular weight excluding hydrogens is 212 g/mol. The van der Waals surface area contributed by atoms with E-state index >= 15 is 0 Å². The number of nitrogens with one attached hydrogen (secondary N) is 1. The largest absolute Gasteiger partial charge is 0.381 e. The molecule has 0 heterocycles. The van der Waals surface area contributed by atoms with Gasteiger partial charge in [0.25, 0.3) is 0 Å². The van der Waals surface area contributed by atoms with Crippen LogP contribution >= 0.6 is 0 Å². The minimum Gasteiger partial charge on any atom is -0.381 e. The predicted molar refractivity (Wildman–Crippen MR) is 73.1 cm³/mol. The molecule has 1 rings (SSSR count). The Bertz CT molecular complexity index is 206. The number of hydrogen-bond donors (Lipinski definition) is 2. The Morgan fingerprint density at radius 3 is 2.41 bits per heavy atom. The van der Waals surface area contributed by atoms with Crippen molar-refractivity contribution < 1.29 is 4.74 Å². The zero-order chi connectivity index (χ0) is 12.7. The molecule has 2 atom stereocenters. The first kappa shape index (κ1) is 14.9. The molecule has 0 aromatic heterocycles. The molecule has 17 heavy (non-hydrogen) atoms. The van der Waals surface area contributed by atoms with Crippen molar-refractivity contribution in [3.63, 3.8) is 0 Å². The summed E-state index contributed by atoms with van der Waals surface area (Å²) in [5.41, 5.74) is 5.77. The molecule has 0 aliphatic heterocycles. The van der Waals surface area contributed by atoms with Crippen molar-refractivity contribution >= 4 is 0 Å². The maximum atomic E-state index is 5.47. The van der Waals surface area contributed by atoms with Crippen LogP contribution < -0.4 is 11.1 Å². The van der Waals surface area contributed by atoms with Crippen molar-refractivity contribution in [3.05, 3.63) is 0 Å². The van der Waals surface area contributed by atoms with E-state index in [1.54, 1.807) is 0 Å². The van der Waals surface area contributed by atoms with Crippen LogP contribution in [0.4, 0.5) is 0 Å². The second kappa shape index (κ2) is 7.34. The van der Waals surface area contributed by atoms with E-state index in [1.807, 2.05) is 7.11 Å². The minimum absolute atomic E-state index is 0.300. The van der Waals surface area contributed by atoms with Crippen LogP contribution in [0.25, 0.3) is 0 Å². The number of methoxy groups -OCH3 is 1. The number of hydrogen-bond acceptors (Lipinski definition) is 3. The van der Waals surface area contributed by atoms with Gasteiger partial charge in [0, 0.05) is 18.6 Å². The first-order chi connectivity index (χ1) is 8.12. The van der Waals surface area contributed by atoms with Gasteiger partial charge in [0.1, 0.15) is 0 Å². The summed E-state index contributed by atoms with van der Waals surface area (Å²) < 4.78 is 5.45. The SMILES string of the molecule is COC1CC(NCCCCCCCN)C1(C)C. The summed E-state index contributed by atoms with van der Waals surface area (Å²) in [6.07, 6.45) is 8.01. The summed E-state index contributed by atoms with van der Waals surface area (Å²) in [7, 11) is 1.82. The molecule has 0 bridgehead atoms. The quantitative estimate of drug-likeness (QED) is 0.610. The van der Waals surface area contributed by atoms with Crippen molar-refractivity contribution in [1.82, 2.24) is 5.32 Å². The highest BCUT2D eigenvalue weighted by Crippen LogP contribution is 2.42. The third kappa shape index (κ3) is 4.23. The lowest BCUT2D eigenvalue weighted by Crippen LogP contribution is -2.60. The molecular formula is C14H30N2O. The molecule has 1 fully saturated rings. The third-order valence-corrected chi connectivity index (χ3v) is 4.23. The molecule has 0 radical (unpaired) electrons. The maximum Gasteiger partial charge on any atom is 0.0652 e. The molecule has 1 aliphatic rings. The summed E-state index contributed by atoms with van der Waals surface area (Å²) in [6.45, 7) is 6.58. The molecule has 3 N–H and O–H groups in total. The van der Waals surface area contributed by atoms with Crippen LogP contribution in [0.3, 0.4) is 0 Å². The van der Waals surface area contributed by atoms with E-state index in [4.69, 9.17) is 10.5 Å². The average molecular weight is 242 g/mol. The van der Waals surface area contributed by atoms with E-state index in [0.717, 1.165) is 19.5 Å². The second-order valence-electron chi connectivity index (χ2n) is 5.84. The third-order valence-electron chi connectivity index (χ3n) is 4.23. The van der Waals surface area contributed by atoms with E-state index in [-0.39, 0.29) is 0 Å². The Kier molecular flexibility index (Phi) is 6.45. The zero-order valence-corrected chi connectivity index (χ0v) is 11.8. The Morgan fingerprint density at radius 2 is 1.82 bits per heavy atom. The fourth-order valence-electron chi connectivity index (χ4n) is 2.71. The molecule has 2 unspecified atom stereocenters. The first-order valence-corrected chi connectivity index (χ1v) is 7.09. The highest BCUT2D eigenvalue weighted by molar-refractivity contribution is 5.02. The van der Waals surface area contributed by atoms with Crippen LogP contribution in [0.2, 0.25) is 0 Å². The fraction of sp³-hybridized carbons (Fsp3) is 1.00. The van der Waals surface area contributed by atoms with Crippen molar-refractivity contribution in [2.24, 2.45) is 11.1 Å². The molecule has 1 aliphatic carbocycles. The van der Waals surface area contributed by atoms with Crippen molar-refractivity contribution in [2.45, 2.75) is 64.5 Å². The highest BCUT2D eigenvalue weighted by Gasteiger charge is 2.47. The second-order valence-corrected chi connectivity index (χ2v) is 5.84. The Hall–Kier alpha value is -0.120. The summed E-state index contributed by atoms with van der Waals surface area (Å²) in [4.78, 5) is 0. The van der Waals surface area contributed by atoms with E-state index in [0.29, 0.717) is 17.6 Å². The highest BCUT2D eigenvalue weighted by atomic mass is 16.5. The molecule has 0 saturated heterocycles. The van der Waals surface area contributed by atoms with E-state index < -0.39 is 0 Å². The molecule has 1 saturated carbocycles. The smallest absolute Gasteiger partial charge is 0.0652 e. The van der Waals surface area contributed by atoms with Crippen LogP contribution in [0.5, 0.6) is 0 Å². The predicted octanol–water partition coefficient (Wildman–Crippen LogP) is 2.30. The van der Waals surface area contributed by atoms with Gasteiger partial charge in [-0.2, -0.15) is 0 Å². The van der Waals surface area contributed by atoms with Gasteiger partial charge in [-0.25, -0.2) is 0 Å². The van der Waals surface area contributed by atoms with Gasteiger partial charge in [-0.05, 0) is 32.4 Å². The van der Waals surface area contributed by atoms with Gasteiger partial charge in [-0.15, -0.1) is 0 Å². The topological polar surface area (TPSA) is 47.3 Å². The van der Waals surface area contributed by atoms with E-state index in [2.05, 4.69) is 19.2 Å². The van der Waals surface area contributed by atoms with Crippen molar-refractivity contribution in [3.8, 4) is 0 Å². The van der Waals surface area contributed by atoms with Crippen LogP contribution in [0, 0.1) is 5.41 Å². The first-order valence-electron chi connectivity index (χ1n) is 7.09. The summed E-state index contributed by atoms with van der Waals surface area (Å²) in [6, 6.07) is 0.636. The molecule has 0 spiro atoms. The normalized spacial score (nSPS) is 26.8. The van der Waals surface area contributed by atoms with Gasteiger partial charge >= 0.3 is 0 Å². The van der Waals surface area contributed by atoms with Crippen molar-refractivity contribution in [1.29, 1.82) is 0 Å².